The minimum Gasteiger partial charge on any atom is -0.402 e. The van der Waals surface area contributed by atoms with Crippen molar-refractivity contribution in [1.29, 1.82) is 5.26 Å². The second kappa shape index (κ2) is 3.46. The first-order valence-corrected chi connectivity index (χ1v) is 3.48. The van der Waals surface area contributed by atoms with Gasteiger partial charge in [-0.1, -0.05) is 6.07 Å². The first-order valence-electron chi connectivity index (χ1n) is 3.48. The standard InChI is InChI=1S/C8H5F3N2O/c9-8(10,11)14-7-5(4-12)2-1-3-6(7)13/h1-3H,13H2. The third-order valence-electron chi connectivity index (χ3n) is 1.38. The number of nitrogens with two attached hydrogens (primary N) is 1. The number of ether oxygens (including phenoxy) is 1. The number of alkyl halides is 3. The van der Waals surface area contributed by atoms with Crippen molar-refractivity contribution in [1.82, 2.24) is 0 Å². The van der Waals surface area contributed by atoms with E-state index in [2.05, 4.69) is 4.74 Å². The van der Waals surface area contributed by atoms with Crippen LogP contribution in [0.25, 0.3) is 0 Å². The second-order valence-electron chi connectivity index (χ2n) is 2.38. The van der Waals surface area contributed by atoms with Gasteiger partial charge in [0.25, 0.3) is 0 Å². The molecule has 1 aromatic rings. The van der Waals surface area contributed by atoms with Gasteiger partial charge in [0.2, 0.25) is 0 Å². The Hall–Kier alpha value is -1.90. The largest absolute Gasteiger partial charge is 0.573 e. The van der Waals surface area contributed by atoms with Crippen molar-refractivity contribution in [2.75, 3.05) is 5.73 Å². The van der Waals surface area contributed by atoms with Crippen molar-refractivity contribution in [2.45, 2.75) is 6.36 Å². The SMILES string of the molecule is N#Cc1cccc(N)c1OC(F)(F)F. The average Bonchev–Trinajstić information content (AvgIpc) is 2.06. The molecule has 0 spiro atoms. The van der Waals surface area contributed by atoms with Gasteiger partial charge in [0.05, 0.1) is 11.3 Å². The predicted octanol–water partition coefficient (Wildman–Crippen LogP) is 2.04. The summed E-state index contributed by atoms with van der Waals surface area (Å²) in [6.45, 7) is 0. The van der Waals surface area contributed by atoms with Gasteiger partial charge in [0, 0.05) is 0 Å². The van der Waals surface area contributed by atoms with Crippen molar-refractivity contribution in [2.24, 2.45) is 0 Å². The molecule has 0 fully saturated rings. The van der Waals surface area contributed by atoms with E-state index >= 15 is 0 Å². The highest BCUT2D eigenvalue weighted by atomic mass is 19.4. The predicted molar refractivity (Wildman–Crippen MR) is 42.3 cm³/mol. The summed E-state index contributed by atoms with van der Waals surface area (Å²) in [5.41, 5.74) is 4.76. The number of nitriles is 1. The zero-order valence-corrected chi connectivity index (χ0v) is 6.80. The van der Waals surface area contributed by atoms with Gasteiger partial charge in [-0.05, 0) is 12.1 Å². The molecule has 6 heteroatoms. The van der Waals surface area contributed by atoms with Crippen LogP contribution < -0.4 is 10.5 Å². The van der Waals surface area contributed by atoms with Crippen LogP contribution in [0.5, 0.6) is 5.75 Å². The van der Waals surface area contributed by atoms with Gasteiger partial charge in [-0.2, -0.15) is 5.26 Å². The third-order valence-corrected chi connectivity index (χ3v) is 1.38. The van der Waals surface area contributed by atoms with Crippen LogP contribution in [-0.4, -0.2) is 6.36 Å². The lowest BCUT2D eigenvalue weighted by Crippen LogP contribution is -2.18. The summed E-state index contributed by atoms with van der Waals surface area (Å²) in [7, 11) is 0. The fourth-order valence-corrected chi connectivity index (χ4v) is 0.873. The second-order valence-corrected chi connectivity index (χ2v) is 2.38. The molecule has 0 aliphatic carbocycles. The van der Waals surface area contributed by atoms with Crippen molar-refractivity contribution in [3.8, 4) is 11.8 Å². The maximum atomic E-state index is 11.9. The molecule has 0 bridgehead atoms. The van der Waals surface area contributed by atoms with E-state index in [0.29, 0.717) is 0 Å². The van der Waals surface area contributed by atoms with Gasteiger partial charge in [0.1, 0.15) is 6.07 Å². The zero-order chi connectivity index (χ0) is 10.8. The minimum atomic E-state index is -4.85. The van der Waals surface area contributed by atoms with Gasteiger partial charge in [-0.15, -0.1) is 13.2 Å². The number of anilines is 1. The van der Waals surface area contributed by atoms with Crippen LogP contribution in [0.1, 0.15) is 5.56 Å². The molecule has 0 atom stereocenters. The quantitative estimate of drug-likeness (QED) is 0.709. The van der Waals surface area contributed by atoms with Gasteiger partial charge >= 0.3 is 6.36 Å². The van der Waals surface area contributed by atoms with Crippen molar-refractivity contribution in [3.05, 3.63) is 23.8 Å². The fourth-order valence-electron chi connectivity index (χ4n) is 0.873. The summed E-state index contributed by atoms with van der Waals surface area (Å²) in [6.07, 6.45) is -4.85. The molecule has 0 heterocycles. The van der Waals surface area contributed by atoms with Crippen molar-refractivity contribution < 1.29 is 17.9 Å². The Balaban J connectivity index is 3.13. The summed E-state index contributed by atoms with van der Waals surface area (Å²) in [4.78, 5) is 0. The first-order chi connectivity index (χ1) is 6.44. The molecule has 1 aromatic carbocycles. The Kier molecular flexibility index (Phi) is 2.51. The minimum absolute atomic E-state index is 0.221. The molecule has 1 rings (SSSR count). The summed E-state index contributed by atoms with van der Waals surface area (Å²) in [5, 5.41) is 8.49. The average molecular weight is 202 g/mol. The topological polar surface area (TPSA) is 59.0 Å². The Bertz CT molecular complexity index is 381. The summed E-state index contributed by atoms with van der Waals surface area (Å²) in [5.74, 6) is -0.650. The summed E-state index contributed by atoms with van der Waals surface area (Å²) in [6, 6.07) is 5.34. The van der Waals surface area contributed by atoms with Crippen molar-refractivity contribution in [3.63, 3.8) is 0 Å². The molecule has 0 radical (unpaired) electrons. The van der Waals surface area contributed by atoms with Crippen molar-refractivity contribution >= 4 is 5.69 Å². The lowest BCUT2D eigenvalue weighted by molar-refractivity contribution is -0.274. The number of hydrogen-bond donors (Lipinski definition) is 1. The fraction of sp³-hybridized carbons (Fsp3) is 0.125. The molecule has 0 saturated heterocycles. The number of nitrogens with zero attached hydrogens (tertiary/aromatic N) is 1. The third kappa shape index (κ3) is 2.29. The number of hydrogen-bond acceptors (Lipinski definition) is 3. The number of benzene rings is 1. The molecule has 0 aliphatic heterocycles. The van der Waals surface area contributed by atoms with Crippen LogP contribution in [0.4, 0.5) is 18.9 Å². The summed E-state index contributed by atoms with van der Waals surface area (Å²) < 4.78 is 39.2. The number of nitrogen functional groups attached to an aromatic ring is 1. The first kappa shape index (κ1) is 10.2. The number of halogens is 3. The molecule has 0 aromatic heterocycles. The van der Waals surface area contributed by atoms with Gasteiger partial charge < -0.3 is 10.5 Å². The highest BCUT2D eigenvalue weighted by Crippen LogP contribution is 2.31. The van der Waals surface area contributed by atoms with Gasteiger partial charge in [0.15, 0.2) is 5.75 Å². The van der Waals surface area contributed by atoms with E-state index < -0.39 is 12.1 Å². The Morgan fingerprint density at radius 1 is 1.36 bits per heavy atom. The highest BCUT2D eigenvalue weighted by Gasteiger charge is 2.33. The maximum absolute atomic E-state index is 11.9. The highest BCUT2D eigenvalue weighted by molar-refractivity contribution is 5.60. The Morgan fingerprint density at radius 2 is 2.00 bits per heavy atom. The van der Waals surface area contributed by atoms with E-state index in [1.54, 1.807) is 6.07 Å². The zero-order valence-electron chi connectivity index (χ0n) is 6.80. The van der Waals surface area contributed by atoms with Crippen LogP contribution in [0.2, 0.25) is 0 Å². The van der Waals surface area contributed by atoms with Crippen LogP contribution in [0, 0.1) is 11.3 Å². The lowest BCUT2D eigenvalue weighted by Gasteiger charge is -2.11. The molecule has 14 heavy (non-hydrogen) atoms. The van der Waals surface area contributed by atoms with Crippen LogP contribution in [0.15, 0.2) is 18.2 Å². The molecule has 0 amide bonds. The van der Waals surface area contributed by atoms with E-state index in [1.807, 2.05) is 0 Å². The monoisotopic (exact) mass is 202 g/mol. The summed E-state index contributed by atoms with van der Waals surface area (Å²) >= 11 is 0. The van der Waals surface area contributed by atoms with Crippen LogP contribution in [0.3, 0.4) is 0 Å². The molecule has 0 saturated carbocycles. The van der Waals surface area contributed by atoms with E-state index in [4.69, 9.17) is 11.0 Å². The van der Waals surface area contributed by atoms with Gasteiger partial charge in [-0.25, -0.2) is 0 Å². The Labute approximate surface area is 77.5 Å². The molecular weight excluding hydrogens is 197 g/mol. The molecule has 3 nitrogen and oxygen atoms in total. The smallest absolute Gasteiger partial charge is 0.402 e. The molecule has 74 valence electrons. The Morgan fingerprint density at radius 3 is 2.50 bits per heavy atom. The number of rotatable bonds is 1. The molecule has 0 aliphatic rings. The lowest BCUT2D eigenvalue weighted by atomic mass is 10.2. The van der Waals surface area contributed by atoms with Crippen LogP contribution >= 0.6 is 0 Å². The molecule has 2 N–H and O–H groups in total. The normalized spacial score (nSPS) is 10.7. The van der Waals surface area contributed by atoms with E-state index in [0.717, 1.165) is 0 Å². The number of para-hydroxylation sites is 1. The van der Waals surface area contributed by atoms with Gasteiger partial charge in [-0.3, -0.25) is 0 Å². The maximum Gasteiger partial charge on any atom is 0.573 e. The molecular formula is C8H5F3N2O. The molecule has 0 unspecified atom stereocenters. The van der Waals surface area contributed by atoms with E-state index in [9.17, 15) is 13.2 Å². The van der Waals surface area contributed by atoms with Crippen LogP contribution in [-0.2, 0) is 0 Å². The van der Waals surface area contributed by atoms with E-state index in [-0.39, 0.29) is 11.3 Å². The van der Waals surface area contributed by atoms with E-state index in [1.165, 1.54) is 18.2 Å².